The lowest BCUT2D eigenvalue weighted by Gasteiger charge is -2.12. The van der Waals surface area contributed by atoms with Gasteiger partial charge in [-0.25, -0.2) is 0 Å². The Morgan fingerprint density at radius 3 is 2.25 bits per heavy atom. The fourth-order valence-electron chi connectivity index (χ4n) is 2.33. The zero-order valence-electron chi connectivity index (χ0n) is 13.6. The molecule has 2 rings (SSSR count). The molecule has 0 aliphatic rings. The summed E-state index contributed by atoms with van der Waals surface area (Å²) in [5, 5.41) is 6.18. The van der Waals surface area contributed by atoms with E-state index in [4.69, 9.17) is 11.6 Å². The fraction of sp³-hybridized carbons (Fsp3) is 0.263. The SMILES string of the molecule is CC(CC(=O)NCCNC(=O)c1ccc(Cl)cc1)c1ccccc1. The van der Waals surface area contributed by atoms with Gasteiger partial charge in [0.25, 0.3) is 5.91 Å². The third-order valence-corrected chi connectivity index (χ3v) is 3.95. The van der Waals surface area contributed by atoms with Crippen LogP contribution in [-0.4, -0.2) is 24.9 Å². The van der Waals surface area contributed by atoms with Gasteiger partial charge >= 0.3 is 0 Å². The van der Waals surface area contributed by atoms with Crippen LogP contribution in [0.1, 0.15) is 35.2 Å². The molecule has 0 bridgehead atoms. The zero-order valence-corrected chi connectivity index (χ0v) is 14.3. The van der Waals surface area contributed by atoms with E-state index in [0.717, 1.165) is 5.56 Å². The molecule has 2 N–H and O–H groups in total. The van der Waals surface area contributed by atoms with Gasteiger partial charge in [0.1, 0.15) is 0 Å². The first-order valence-electron chi connectivity index (χ1n) is 7.91. The number of carbonyl (C=O) groups excluding carboxylic acids is 2. The van der Waals surface area contributed by atoms with Crippen LogP contribution in [0.15, 0.2) is 54.6 Å². The van der Waals surface area contributed by atoms with Crippen molar-refractivity contribution in [1.82, 2.24) is 10.6 Å². The third-order valence-electron chi connectivity index (χ3n) is 3.70. The van der Waals surface area contributed by atoms with Crippen LogP contribution in [0, 0.1) is 0 Å². The Hall–Kier alpha value is -2.33. The highest BCUT2D eigenvalue weighted by Gasteiger charge is 2.10. The van der Waals surface area contributed by atoms with E-state index in [0.29, 0.717) is 30.1 Å². The van der Waals surface area contributed by atoms with Crippen molar-refractivity contribution in [2.24, 2.45) is 0 Å². The quantitative estimate of drug-likeness (QED) is 0.756. The molecule has 1 unspecified atom stereocenters. The van der Waals surface area contributed by atoms with Crippen LogP contribution in [0.4, 0.5) is 0 Å². The Balaban J connectivity index is 1.67. The average Bonchev–Trinajstić information content (AvgIpc) is 2.60. The minimum absolute atomic E-state index is 0.0212. The number of hydrogen-bond donors (Lipinski definition) is 2. The number of carbonyl (C=O) groups is 2. The lowest BCUT2D eigenvalue weighted by Crippen LogP contribution is -2.35. The predicted molar refractivity (Wildman–Crippen MR) is 96.3 cm³/mol. The molecule has 0 spiro atoms. The van der Waals surface area contributed by atoms with E-state index in [1.54, 1.807) is 24.3 Å². The zero-order chi connectivity index (χ0) is 17.4. The highest BCUT2D eigenvalue weighted by Crippen LogP contribution is 2.17. The number of halogens is 1. The van der Waals surface area contributed by atoms with Crippen LogP contribution in [0.5, 0.6) is 0 Å². The van der Waals surface area contributed by atoms with Gasteiger partial charge in [0.05, 0.1) is 0 Å². The largest absolute Gasteiger partial charge is 0.354 e. The summed E-state index contributed by atoms with van der Waals surface area (Å²) in [6, 6.07) is 16.6. The molecule has 2 aromatic carbocycles. The van der Waals surface area contributed by atoms with Crippen molar-refractivity contribution in [1.29, 1.82) is 0 Å². The molecule has 0 saturated heterocycles. The normalized spacial score (nSPS) is 11.6. The second kappa shape index (κ2) is 9.08. The van der Waals surface area contributed by atoms with E-state index in [9.17, 15) is 9.59 Å². The first-order chi connectivity index (χ1) is 11.6. The summed E-state index contributed by atoms with van der Waals surface area (Å²) in [5.41, 5.74) is 1.69. The van der Waals surface area contributed by atoms with Gasteiger partial charge in [-0.2, -0.15) is 0 Å². The van der Waals surface area contributed by atoms with Crippen molar-refractivity contribution in [3.63, 3.8) is 0 Å². The number of nitrogens with one attached hydrogen (secondary N) is 2. The monoisotopic (exact) mass is 344 g/mol. The average molecular weight is 345 g/mol. The first kappa shape index (κ1) is 18.0. The summed E-state index contributed by atoms with van der Waals surface area (Å²) in [7, 11) is 0. The summed E-state index contributed by atoms with van der Waals surface area (Å²) < 4.78 is 0. The molecule has 0 aliphatic heterocycles. The highest BCUT2D eigenvalue weighted by molar-refractivity contribution is 6.30. The first-order valence-corrected chi connectivity index (χ1v) is 8.29. The van der Waals surface area contributed by atoms with Gasteiger partial charge in [-0.15, -0.1) is 0 Å². The lowest BCUT2D eigenvalue weighted by molar-refractivity contribution is -0.121. The molecule has 0 radical (unpaired) electrons. The third kappa shape index (κ3) is 5.70. The number of benzene rings is 2. The molecule has 126 valence electrons. The Bertz CT molecular complexity index is 672. The van der Waals surface area contributed by atoms with Crippen molar-refractivity contribution in [3.8, 4) is 0 Å². The van der Waals surface area contributed by atoms with Gasteiger partial charge in [0.15, 0.2) is 0 Å². The second-order valence-electron chi connectivity index (χ2n) is 5.63. The Morgan fingerprint density at radius 1 is 0.958 bits per heavy atom. The molecule has 0 heterocycles. The predicted octanol–water partition coefficient (Wildman–Crippen LogP) is 3.38. The van der Waals surface area contributed by atoms with Gasteiger partial charge < -0.3 is 10.6 Å². The molecule has 5 heteroatoms. The van der Waals surface area contributed by atoms with E-state index in [1.807, 2.05) is 37.3 Å². The molecular formula is C19H21ClN2O2. The summed E-state index contributed by atoms with van der Waals surface area (Å²) >= 11 is 5.78. The molecule has 2 aromatic rings. The number of amides is 2. The van der Waals surface area contributed by atoms with Crippen molar-refractivity contribution >= 4 is 23.4 Å². The van der Waals surface area contributed by atoms with Crippen molar-refractivity contribution in [3.05, 3.63) is 70.7 Å². The summed E-state index contributed by atoms with van der Waals surface area (Å²) in [6.07, 6.45) is 0.426. The molecule has 24 heavy (non-hydrogen) atoms. The van der Waals surface area contributed by atoms with Crippen molar-refractivity contribution in [2.45, 2.75) is 19.3 Å². The van der Waals surface area contributed by atoms with Crippen LogP contribution in [0.2, 0.25) is 5.02 Å². The van der Waals surface area contributed by atoms with E-state index >= 15 is 0 Å². The van der Waals surface area contributed by atoms with Gasteiger partial charge in [0, 0.05) is 30.1 Å². The summed E-state index contributed by atoms with van der Waals surface area (Å²) in [6.45, 7) is 2.81. The standard InChI is InChI=1S/C19H21ClN2O2/c1-14(15-5-3-2-4-6-15)13-18(23)21-11-12-22-19(24)16-7-9-17(20)10-8-16/h2-10,14H,11-13H2,1H3,(H,21,23)(H,22,24). The molecule has 1 atom stereocenters. The fourth-order valence-corrected chi connectivity index (χ4v) is 2.46. The van der Waals surface area contributed by atoms with Gasteiger partial charge in [0.2, 0.25) is 5.91 Å². The van der Waals surface area contributed by atoms with E-state index in [1.165, 1.54) is 0 Å². The minimum Gasteiger partial charge on any atom is -0.354 e. The van der Waals surface area contributed by atoms with Crippen LogP contribution in [0.3, 0.4) is 0 Å². The van der Waals surface area contributed by atoms with Crippen LogP contribution < -0.4 is 10.6 Å². The Labute approximate surface area is 147 Å². The van der Waals surface area contributed by atoms with Gasteiger partial charge in [-0.3, -0.25) is 9.59 Å². The molecule has 2 amide bonds. The van der Waals surface area contributed by atoms with E-state index in [2.05, 4.69) is 10.6 Å². The molecule has 0 fully saturated rings. The van der Waals surface area contributed by atoms with Crippen LogP contribution >= 0.6 is 11.6 Å². The number of rotatable bonds is 7. The van der Waals surface area contributed by atoms with Gasteiger partial charge in [-0.05, 0) is 35.7 Å². The minimum atomic E-state index is -0.182. The summed E-state index contributed by atoms with van der Waals surface area (Å²) in [4.78, 5) is 23.8. The maximum atomic E-state index is 11.9. The van der Waals surface area contributed by atoms with Crippen LogP contribution in [-0.2, 0) is 4.79 Å². The molecule has 0 aromatic heterocycles. The molecule has 4 nitrogen and oxygen atoms in total. The van der Waals surface area contributed by atoms with E-state index < -0.39 is 0 Å². The maximum absolute atomic E-state index is 11.9. The molecule has 0 saturated carbocycles. The maximum Gasteiger partial charge on any atom is 0.251 e. The Kier molecular flexibility index (Phi) is 6.82. The second-order valence-corrected chi connectivity index (χ2v) is 6.07. The highest BCUT2D eigenvalue weighted by atomic mass is 35.5. The lowest BCUT2D eigenvalue weighted by atomic mass is 9.98. The molecule has 0 aliphatic carbocycles. The Morgan fingerprint density at radius 2 is 1.58 bits per heavy atom. The number of hydrogen-bond acceptors (Lipinski definition) is 2. The smallest absolute Gasteiger partial charge is 0.251 e. The molecular weight excluding hydrogens is 324 g/mol. The van der Waals surface area contributed by atoms with Crippen molar-refractivity contribution in [2.75, 3.05) is 13.1 Å². The summed E-state index contributed by atoms with van der Waals surface area (Å²) in [5.74, 6) is -0.0412. The topological polar surface area (TPSA) is 58.2 Å². The van der Waals surface area contributed by atoms with E-state index in [-0.39, 0.29) is 17.7 Å². The van der Waals surface area contributed by atoms with Gasteiger partial charge in [-0.1, -0.05) is 48.9 Å². The van der Waals surface area contributed by atoms with Crippen molar-refractivity contribution < 1.29 is 9.59 Å². The van der Waals surface area contributed by atoms with Crippen LogP contribution in [0.25, 0.3) is 0 Å².